The summed E-state index contributed by atoms with van der Waals surface area (Å²) in [6.45, 7) is 4.36. The molecule has 0 aromatic heterocycles. The highest BCUT2D eigenvalue weighted by atomic mass is 19.4. The van der Waals surface area contributed by atoms with Crippen molar-refractivity contribution in [1.82, 2.24) is 4.90 Å². The number of rotatable bonds is 2. The summed E-state index contributed by atoms with van der Waals surface area (Å²) >= 11 is 0. The lowest BCUT2D eigenvalue weighted by atomic mass is 10.0. The average Bonchev–Trinajstić information content (AvgIpc) is 2.03. The first-order valence-electron chi connectivity index (χ1n) is 4.48. The molecule has 0 N–H and O–H groups in total. The number of nitrogens with zero attached hydrogens (tertiary/aromatic N) is 1. The van der Waals surface area contributed by atoms with Crippen LogP contribution in [-0.4, -0.2) is 30.7 Å². The van der Waals surface area contributed by atoms with E-state index in [4.69, 9.17) is 0 Å². The first kappa shape index (κ1) is 10.6. The normalized spacial score (nSPS) is 20.2. The Labute approximate surface area is 76.2 Å². The number of halogens is 3. The molecule has 0 fully saturated rings. The monoisotopic (exact) mass is 193 g/mol. The van der Waals surface area contributed by atoms with Gasteiger partial charge in [0.1, 0.15) is 0 Å². The van der Waals surface area contributed by atoms with Crippen molar-refractivity contribution in [2.75, 3.05) is 19.6 Å². The van der Waals surface area contributed by atoms with Crippen LogP contribution in [0.2, 0.25) is 0 Å². The molecule has 13 heavy (non-hydrogen) atoms. The topological polar surface area (TPSA) is 3.24 Å². The third-order valence-electron chi connectivity index (χ3n) is 2.26. The van der Waals surface area contributed by atoms with Gasteiger partial charge in [0.25, 0.3) is 0 Å². The van der Waals surface area contributed by atoms with Crippen LogP contribution in [0.1, 0.15) is 19.8 Å². The second-order valence-corrected chi connectivity index (χ2v) is 3.30. The van der Waals surface area contributed by atoms with Crippen molar-refractivity contribution in [2.24, 2.45) is 0 Å². The van der Waals surface area contributed by atoms with Crippen LogP contribution < -0.4 is 0 Å². The SMILES string of the molecule is CCN1CC=C(CC(F)(F)F)CC1. The van der Waals surface area contributed by atoms with E-state index in [1.165, 1.54) is 0 Å². The maximum atomic E-state index is 12.0. The maximum absolute atomic E-state index is 12.0. The van der Waals surface area contributed by atoms with Crippen LogP contribution in [0, 0.1) is 0 Å². The fraction of sp³-hybridized carbons (Fsp3) is 0.778. The Bertz CT molecular complexity index is 196. The first-order chi connectivity index (χ1) is 6.01. The molecular weight excluding hydrogens is 179 g/mol. The molecule has 4 heteroatoms. The summed E-state index contributed by atoms with van der Waals surface area (Å²) in [6, 6.07) is 0. The Kier molecular flexibility index (Phi) is 3.36. The van der Waals surface area contributed by atoms with E-state index in [9.17, 15) is 13.2 Å². The molecule has 1 aliphatic heterocycles. The minimum absolute atomic E-state index is 0.539. The van der Waals surface area contributed by atoms with Gasteiger partial charge >= 0.3 is 6.18 Å². The van der Waals surface area contributed by atoms with E-state index < -0.39 is 12.6 Å². The molecule has 1 nitrogen and oxygen atoms in total. The Hall–Kier alpha value is -0.510. The van der Waals surface area contributed by atoms with Crippen LogP contribution in [0.3, 0.4) is 0 Å². The second kappa shape index (κ2) is 4.13. The molecule has 0 amide bonds. The summed E-state index contributed by atoms with van der Waals surface area (Å²) in [4.78, 5) is 2.12. The third kappa shape index (κ3) is 3.81. The molecule has 0 atom stereocenters. The fourth-order valence-electron chi connectivity index (χ4n) is 1.46. The summed E-state index contributed by atoms with van der Waals surface area (Å²) in [5.41, 5.74) is 0.539. The standard InChI is InChI=1S/C9H14F3N/c1-2-13-5-3-8(4-6-13)7-9(10,11)12/h3H,2,4-7H2,1H3. The minimum atomic E-state index is -4.04. The van der Waals surface area contributed by atoms with Gasteiger partial charge in [-0.2, -0.15) is 13.2 Å². The van der Waals surface area contributed by atoms with E-state index in [2.05, 4.69) is 4.90 Å². The van der Waals surface area contributed by atoms with Gasteiger partial charge in [-0.25, -0.2) is 0 Å². The van der Waals surface area contributed by atoms with Crippen LogP contribution in [0.15, 0.2) is 11.6 Å². The van der Waals surface area contributed by atoms with E-state index in [-0.39, 0.29) is 0 Å². The predicted octanol–water partition coefficient (Wildman–Crippen LogP) is 2.59. The van der Waals surface area contributed by atoms with Crippen molar-refractivity contribution in [3.05, 3.63) is 11.6 Å². The number of alkyl halides is 3. The van der Waals surface area contributed by atoms with Crippen molar-refractivity contribution in [3.8, 4) is 0 Å². The molecule has 0 saturated carbocycles. The van der Waals surface area contributed by atoms with E-state index >= 15 is 0 Å². The molecular formula is C9H14F3N. The largest absolute Gasteiger partial charge is 0.392 e. The highest BCUT2D eigenvalue weighted by molar-refractivity contribution is 5.08. The van der Waals surface area contributed by atoms with Gasteiger partial charge in [-0.05, 0) is 13.0 Å². The van der Waals surface area contributed by atoms with E-state index in [0.717, 1.165) is 13.1 Å². The third-order valence-corrected chi connectivity index (χ3v) is 2.26. The summed E-state index contributed by atoms with van der Waals surface area (Å²) < 4.78 is 35.9. The zero-order valence-electron chi connectivity index (χ0n) is 7.69. The smallest absolute Gasteiger partial charge is 0.300 e. The maximum Gasteiger partial charge on any atom is 0.392 e. The van der Waals surface area contributed by atoms with Crippen molar-refractivity contribution >= 4 is 0 Å². The van der Waals surface area contributed by atoms with E-state index in [0.29, 0.717) is 18.5 Å². The molecule has 0 spiro atoms. The molecule has 1 heterocycles. The van der Waals surface area contributed by atoms with Crippen molar-refractivity contribution in [1.29, 1.82) is 0 Å². The summed E-state index contributed by atoms with van der Waals surface area (Å²) in [5, 5.41) is 0. The van der Waals surface area contributed by atoms with Crippen molar-refractivity contribution in [2.45, 2.75) is 25.9 Å². The lowest BCUT2D eigenvalue weighted by molar-refractivity contribution is -0.127. The Balaban J connectivity index is 2.42. The molecule has 0 bridgehead atoms. The second-order valence-electron chi connectivity index (χ2n) is 3.30. The molecule has 0 aliphatic carbocycles. The van der Waals surface area contributed by atoms with Gasteiger partial charge in [0.15, 0.2) is 0 Å². The van der Waals surface area contributed by atoms with Crippen molar-refractivity contribution < 1.29 is 13.2 Å². The summed E-state index contributed by atoms with van der Waals surface area (Å²) in [5.74, 6) is 0. The van der Waals surface area contributed by atoms with Crippen LogP contribution in [0.25, 0.3) is 0 Å². The quantitative estimate of drug-likeness (QED) is 0.609. The number of hydrogen-bond donors (Lipinski definition) is 0. The van der Waals surface area contributed by atoms with Crippen molar-refractivity contribution in [3.63, 3.8) is 0 Å². The molecule has 0 radical (unpaired) electrons. The van der Waals surface area contributed by atoms with Crippen LogP contribution in [0.5, 0.6) is 0 Å². The Morgan fingerprint density at radius 1 is 1.46 bits per heavy atom. The number of hydrogen-bond acceptors (Lipinski definition) is 1. The average molecular weight is 193 g/mol. The lowest BCUT2D eigenvalue weighted by Gasteiger charge is -2.25. The van der Waals surface area contributed by atoms with E-state index in [1.807, 2.05) is 6.92 Å². The predicted molar refractivity (Wildman–Crippen MR) is 45.5 cm³/mol. The molecule has 1 rings (SSSR count). The first-order valence-corrected chi connectivity index (χ1v) is 4.48. The number of likely N-dealkylation sites (N-methyl/N-ethyl adjacent to an activating group) is 1. The molecule has 0 saturated heterocycles. The van der Waals surface area contributed by atoms with Gasteiger partial charge in [-0.15, -0.1) is 0 Å². The fourth-order valence-corrected chi connectivity index (χ4v) is 1.46. The van der Waals surface area contributed by atoms with Gasteiger partial charge in [0.2, 0.25) is 0 Å². The highest BCUT2D eigenvalue weighted by Crippen LogP contribution is 2.27. The molecule has 0 unspecified atom stereocenters. The molecule has 0 aromatic rings. The van der Waals surface area contributed by atoms with Crippen LogP contribution in [-0.2, 0) is 0 Å². The van der Waals surface area contributed by atoms with Crippen LogP contribution >= 0.6 is 0 Å². The minimum Gasteiger partial charge on any atom is -0.300 e. The zero-order chi connectivity index (χ0) is 9.90. The van der Waals surface area contributed by atoms with E-state index in [1.54, 1.807) is 6.08 Å². The van der Waals surface area contributed by atoms with Gasteiger partial charge < -0.3 is 0 Å². The lowest BCUT2D eigenvalue weighted by Crippen LogP contribution is -2.29. The molecule has 0 aromatic carbocycles. The summed E-state index contributed by atoms with van der Waals surface area (Å²) in [7, 11) is 0. The zero-order valence-corrected chi connectivity index (χ0v) is 7.69. The summed E-state index contributed by atoms with van der Waals surface area (Å²) in [6.07, 6.45) is -2.50. The van der Waals surface area contributed by atoms with Gasteiger partial charge in [0, 0.05) is 13.1 Å². The van der Waals surface area contributed by atoms with Gasteiger partial charge in [-0.3, -0.25) is 4.90 Å². The molecule has 76 valence electrons. The Morgan fingerprint density at radius 3 is 2.54 bits per heavy atom. The van der Waals surface area contributed by atoms with Gasteiger partial charge in [-0.1, -0.05) is 18.6 Å². The Morgan fingerprint density at radius 2 is 2.15 bits per heavy atom. The molecule has 1 aliphatic rings. The van der Waals surface area contributed by atoms with Crippen LogP contribution in [0.4, 0.5) is 13.2 Å². The van der Waals surface area contributed by atoms with Gasteiger partial charge in [0.05, 0.1) is 6.42 Å². The highest BCUT2D eigenvalue weighted by Gasteiger charge is 2.29.